The summed E-state index contributed by atoms with van der Waals surface area (Å²) >= 11 is 5.77. The maximum atomic E-state index is 11.8. The number of phenols is 1. The molecule has 2 aromatic carbocycles. The van der Waals surface area contributed by atoms with Crippen LogP contribution in [-0.4, -0.2) is 28.7 Å². The zero-order valence-corrected chi connectivity index (χ0v) is 13.4. The summed E-state index contributed by atoms with van der Waals surface area (Å²) in [5.41, 5.74) is 0.116. The van der Waals surface area contributed by atoms with Crippen LogP contribution in [0.3, 0.4) is 0 Å². The monoisotopic (exact) mass is 349 g/mol. The largest absolute Gasteiger partial charge is 0.506 e. The first-order valence-electron chi connectivity index (χ1n) is 7.20. The summed E-state index contributed by atoms with van der Waals surface area (Å²) < 4.78 is 5.47. The predicted octanol–water partition coefficient (Wildman–Crippen LogP) is 3.54. The van der Waals surface area contributed by atoms with E-state index >= 15 is 0 Å². The Hall–Kier alpha value is -2.73. The summed E-state index contributed by atoms with van der Waals surface area (Å²) in [7, 11) is 0. The third-order valence-corrected chi connectivity index (χ3v) is 3.40. The van der Waals surface area contributed by atoms with E-state index in [2.05, 4.69) is 5.32 Å². The fourth-order valence-electron chi connectivity index (χ4n) is 1.94. The van der Waals surface area contributed by atoms with E-state index in [1.165, 1.54) is 12.1 Å². The molecule has 0 atom stereocenters. The van der Waals surface area contributed by atoms with Gasteiger partial charge in [0, 0.05) is 11.4 Å². The number of phenolic OH excluding ortho intramolecular Hbond substituents is 1. The second-order valence-corrected chi connectivity index (χ2v) is 5.43. The van der Waals surface area contributed by atoms with E-state index < -0.39 is 5.97 Å². The highest BCUT2D eigenvalue weighted by Gasteiger charge is 2.10. The Bertz CT molecular complexity index is 730. The molecule has 0 aliphatic rings. The number of nitrogens with one attached hydrogen (secondary N) is 1. The highest BCUT2D eigenvalue weighted by molar-refractivity contribution is 6.30. The Morgan fingerprint density at radius 3 is 2.46 bits per heavy atom. The molecule has 2 aromatic rings. The quantitative estimate of drug-likeness (QED) is 0.525. The fourth-order valence-corrected chi connectivity index (χ4v) is 2.06. The van der Waals surface area contributed by atoms with Crippen molar-refractivity contribution in [2.45, 2.75) is 12.8 Å². The molecule has 0 spiro atoms. The van der Waals surface area contributed by atoms with E-state index in [-0.39, 0.29) is 29.3 Å². The normalized spacial score (nSPS) is 10.2. The molecule has 6 nitrogen and oxygen atoms in total. The number of aromatic carboxylic acids is 1. The van der Waals surface area contributed by atoms with Gasteiger partial charge in [0.25, 0.3) is 0 Å². The predicted molar refractivity (Wildman–Crippen MR) is 89.9 cm³/mol. The van der Waals surface area contributed by atoms with Gasteiger partial charge in [0.05, 0.1) is 17.9 Å². The zero-order chi connectivity index (χ0) is 17.5. The third kappa shape index (κ3) is 5.17. The van der Waals surface area contributed by atoms with Crippen molar-refractivity contribution in [1.82, 2.24) is 0 Å². The van der Waals surface area contributed by atoms with Crippen LogP contribution in [-0.2, 0) is 4.79 Å². The Balaban J connectivity index is 1.77. The van der Waals surface area contributed by atoms with Gasteiger partial charge in [-0.1, -0.05) is 11.6 Å². The van der Waals surface area contributed by atoms with Gasteiger partial charge in [0.15, 0.2) is 0 Å². The number of carboxylic acid groups (broad SMARTS) is 1. The van der Waals surface area contributed by atoms with Crippen molar-refractivity contribution in [3.05, 3.63) is 53.1 Å². The summed E-state index contributed by atoms with van der Waals surface area (Å²) in [6, 6.07) is 10.7. The first-order chi connectivity index (χ1) is 11.5. The van der Waals surface area contributed by atoms with Gasteiger partial charge >= 0.3 is 5.97 Å². The smallest absolute Gasteiger partial charge is 0.335 e. The number of ether oxygens (including phenoxy) is 1. The lowest BCUT2D eigenvalue weighted by Gasteiger charge is -2.09. The molecular weight excluding hydrogens is 334 g/mol. The van der Waals surface area contributed by atoms with Crippen LogP contribution in [0.4, 0.5) is 5.69 Å². The van der Waals surface area contributed by atoms with Crippen molar-refractivity contribution in [3.8, 4) is 11.5 Å². The lowest BCUT2D eigenvalue weighted by atomic mass is 10.2. The summed E-state index contributed by atoms with van der Waals surface area (Å²) in [5, 5.41) is 21.7. The molecule has 0 unspecified atom stereocenters. The van der Waals surface area contributed by atoms with E-state index in [0.29, 0.717) is 23.8 Å². The molecule has 0 aliphatic heterocycles. The van der Waals surface area contributed by atoms with E-state index in [1.54, 1.807) is 24.3 Å². The van der Waals surface area contributed by atoms with E-state index in [9.17, 15) is 14.7 Å². The molecule has 0 bridgehead atoms. The molecule has 1 amide bonds. The van der Waals surface area contributed by atoms with E-state index in [0.717, 1.165) is 6.07 Å². The van der Waals surface area contributed by atoms with Crippen LogP contribution in [0.25, 0.3) is 0 Å². The summed E-state index contributed by atoms with van der Waals surface area (Å²) in [6.07, 6.45) is 0.691. The molecule has 0 aliphatic carbocycles. The minimum Gasteiger partial charge on any atom is -0.506 e. The molecule has 3 N–H and O–H groups in total. The molecule has 126 valence electrons. The molecule has 7 heteroatoms. The number of benzene rings is 2. The Kier molecular flexibility index (Phi) is 6.03. The maximum Gasteiger partial charge on any atom is 0.335 e. The minimum absolute atomic E-state index is 0.0538. The SMILES string of the molecule is O=C(CCCOc1ccc(Cl)cc1)Nc1ccc(C(=O)O)cc1O. The van der Waals surface area contributed by atoms with Crippen molar-refractivity contribution in [1.29, 1.82) is 0 Å². The van der Waals surface area contributed by atoms with Crippen LogP contribution in [0.2, 0.25) is 5.02 Å². The van der Waals surface area contributed by atoms with Gasteiger partial charge in [0.1, 0.15) is 11.5 Å². The van der Waals surface area contributed by atoms with Crippen LogP contribution in [0.15, 0.2) is 42.5 Å². The van der Waals surface area contributed by atoms with Gasteiger partial charge in [-0.05, 0) is 48.9 Å². The van der Waals surface area contributed by atoms with Gasteiger partial charge in [-0.2, -0.15) is 0 Å². The number of rotatable bonds is 7. The molecule has 2 rings (SSSR count). The van der Waals surface area contributed by atoms with Crippen LogP contribution < -0.4 is 10.1 Å². The summed E-state index contributed by atoms with van der Waals surface area (Å²) in [6.45, 7) is 0.360. The topological polar surface area (TPSA) is 95.9 Å². The first kappa shape index (κ1) is 17.6. The van der Waals surface area contributed by atoms with Crippen LogP contribution in [0, 0.1) is 0 Å². The third-order valence-electron chi connectivity index (χ3n) is 3.15. The number of hydrogen-bond donors (Lipinski definition) is 3. The zero-order valence-electron chi connectivity index (χ0n) is 12.7. The molecule has 0 saturated carbocycles. The van der Waals surface area contributed by atoms with Crippen molar-refractivity contribution in [2.75, 3.05) is 11.9 Å². The Morgan fingerprint density at radius 2 is 1.83 bits per heavy atom. The van der Waals surface area contributed by atoms with Crippen LogP contribution in [0.1, 0.15) is 23.2 Å². The highest BCUT2D eigenvalue weighted by Crippen LogP contribution is 2.24. The minimum atomic E-state index is -1.15. The Morgan fingerprint density at radius 1 is 1.12 bits per heavy atom. The van der Waals surface area contributed by atoms with Gasteiger partial charge in [-0.15, -0.1) is 0 Å². The molecule has 0 saturated heterocycles. The standard InChI is InChI=1S/C17H16ClNO5/c18-12-4-6-13(7-5-12)24-9-1-2-16(21)19-14-8-3-11(17(22)23)10-15(14)20/h3-8,10,20H,1-2,9H2,(H,19,21)(H,22,23). The fraction of sp³-hybridized carbons (Fsp3) is 0.176. The van der Waals surface area contributed by atoms with E-state index in [1.807, 2.05) is 0 Å². The molecule has 0 fully saturated rings. The van der Waals surface area contributed by atoms with Crippen molar-refractivity contribution < 1.29 is 24.5 Å². The van der Waals surface area contributed by atoms with Gasteiger partial charge in [-0.3, -0.25) is 4.79 Å². The molecule has 0 heterocycles. The second kappa shape index (κ2) is 8.21. The number of aromatic hydroxyl groups is 1. The second-order valence-electron chi connectivity index (χ2n) is 4.99. The lowest BCUT2D eigenvalue weighted by molar-refractivity contribution is -0.116. The first-order valence-corrected chi connectivity index (χ1v) is 7.58. The average Bonchev–Trinajstić information content (AvgIpc) is 2.55. The number of carbonyl (C=O) groups excluding carboxylic acids is 1. The van der Waals surface area contributed by atoms with Crippen molar-refractivity contribution >= 4 is 29.2 Å². The number of carbonyl (C=O) groups is 2. The van der Waals surface area contributed by atoms with Crippen molar-refractivity contribution in [3.63, 3.8) is 0 Å². The van der Waals surface area contributed by atoms with Crippen molar-refractivity contribution in [2.24, 2.45) is 0 Å². The molecule has 0 aromatic heterocycles. The number of carboxylic acids is 1. The number of halogens is 1. The molecule has 0 radical (unpaired) electrons. The average molecular weight is 350 g/mol. The van der Waals surface area contributed by atoms with Crippen LogP contribution >= 0.6 is 11.6 Å². The molecule has 24 heavy (non-hydrogen) atoms. The molecular formula is C17H16ClNO5. The van der Waals surface area contributed by atoms with Gasteiger partial charge in [0.2, 0.25) is 5.91 Å². The Labute approximate surface area is 143 Å². The summed E-state index contributed by atoms with van der Waals surface area (Å²) in [4.78, 5) is 22.6. The number of anilines is 1. The number of amides is 1. The summed E-state index contributed by atoms with van der Waals surface area (Å²) in [5.74, 6) is -1.07. The highest BCUT2D eigenvalue weighted by atomic mass is 35.5. The van der Waals surface area contributed by atoms with Crippen LogP contribution in [0.5, 0.6) is 11.5 Å². The van der Waals surface area contributed by atoms with Gasteiger partial charge in [-0.25, -0.2) is 4.79 Å². The maximum absolute atomic E-state index is 11.8. The number of hydrogen-bond acceptors (Lipinski definition) is 4. The van der Waals surface area contributed by atoms with E-state index in [4.69, 9.17) is 21.4 Å². The lowest BCUT2D eigenvalue weighted by Crippen LogP contribution is -2.13. The van der Waals surface area contributed by atoms with Gasteiger partial charge < -0.3 is 20.3 Å².